The topological polar surface area (TPSA) is 104 Å². The number of halogens is 2. The van der Waals surface area contributed by atoms with E-state index in [1.54, 1.807) is 6.07 Å². The van der Waals surface area contributed by atoms with E-state index in [0.717, 1.165) is 14.9 Å². The highest BCUT2D eigenvalue weighted by molar-refractivity contribution is 7.98. The third-order valence-corrected chi connectivity index (χ3v) is 8.78. The summed E-state index contributed by atoms with van der Waals surface area (Å²) in [5.41, 5.74) is 0.549. The molecule has 0 aliphatic heterocycles. The monoisotopic (exact) mass is 537 g/mol. The molecule has 0 atom stereocenters. The Morgan fingerprint density at radius 2 is 1.73 bits per heavy atom. The van der Waals surface area contributed by atoms with Crippen LogP contribution in [0, 0.1) is 5.82 Å². The lowest BCUT2D eigenvalue weighted by Gasteiger charge is -2.22. The third-order valence-electron chi connectivity index (χ3n) is 4.47. The van der Waals surface area contributed by atoms with Crippen molar-refractivity contribution >= 4 is 55.0 Å². The van der Waals surface area contributed by atoms with E-state index in [4.69, 9.17) is 11.6 Å². The number of carbonyl (C=O) groups excluding carboxylic acids is 1. The van der Waals surface area contributed by atoms with Gasteiger partial charge in [0.25, 0.3) is 0 Å². The van der Waals surface area contributed by atoms with Gasteiger partial charge in [-0.15, -0.1) is 0 Å². The number of benzene rings is 2. The zero-order valence-corrected chi connectivity index (χ0v) is 21.5. The lowest BCUT2D eigenvalue weighted by atomic mass is 10.2. The summed E-state index contributed by atoms with van der Waals surface area (Å²) in [6.07, 6.45) is 0.957. The molecular formula is C20H25ClFN3O5S3. The summed E-state index contributed by atoms with van der Waals surface area (Å²) in [7, 11) is -4.70. The van der Waals surface area contributed by atoms with Crippen LogP contribution in [-0.2, 0) is 30.6 Å². The maximum atomic E-state index is 13.8. The quantitative estimate of drug-likeness (QED) is 0.442. The summed E-state index contributed by atoms with van der Waals surface area (Å²) in [5.74, 6) is -0.132. The van der Waals surface area contributed by atoms with Gasteiger partial charge in [-0.25, -0.2) is 25.5 Å². The first-order chi connectivity index (χ1) is 15.3. The molecule has 182 valence electrons. The van der Waals surface area contributed by atoms with Crippen LogP contribution in [-0.4, -0.2) is 66.2 Å². The summed E-state index contributed by atoms with van der Waals surface area (Å²) in [6.45, 7) is -0.227. The lowest BCUT2D eigenvalue weighted by Crippen LogP contribution is -2.41. The highest BCUT2D eigenvalue weighted by atomic mass is 35.5. The zero-order chi connectivity index (χ0) is 24.8. The molecule has 33 heavy (non-hydrogen) atoms. The Bertz CT molecular complexity index is 1170. The van der Waals surface area contributed by atoms with Crippen LogP contribution in [0.1, 0.15) is 5.56 Å². The molecule has 8 nitrogen and oxygen atoms in total. The van der Waals surface area contributed by atoms with Crippen molar-refractivity contribution in [2.24, 2.45) is 0 Å². The van der Waals surface area contributed by atoms with Gasteiger partial charge in [-0.1, -0.05) is 17.7 Å². The van der Waals surface area contributed by atoms with Crippen molar-refractivity contribution in [2.45, 2.75) is 10.6 Å². The highest BCUT2D eigenvalue weighted by Crippen LogP contribution is 2.24. The molecule has 1 N–H and O–H groups in total. The molecule has 2 aromatic rings. The van der Waals surface area contributed by atoms with Crippen LogP contribution in [0.3, 0.4) is 0 Å². The van der Waals surface area contributed by atoms with Gasteiger partial charge < -0.3 is 5.32 Å². The van der Waals surface area contributed by atoms with Crippen LogP contribution in [0.2, 0.25) is 5.02 Å². The first kappa shape index (κ1) is 27.4. The minimum absolute atomic E-state index is 0.00105. The molecule has 0 radical (unpaired) electrons. The van der Waals surface area contributed by atoms with Gasteiger partial charge in [0.05, 0.1) is 16.8 Å². The second kappa shape index (κ2) is 11.5. The normalized spacial score (nSPS) is 12.1. The minimum atomic E-state index is -3.81. The van der Waals surface area contributed by atoms with Crippen molar-refractivity contribution in [3.8, 4) is 0 Å². The maximum Gasteiger partial charge on any atom is 0.242 e. The largest absolute Gasteiger partial charge is 0.354 e. The van der Waals surface area contributed by atoms with Crippen LogP contribution in [0.25, 0.3) is 0 Å². The molecule has 13 heteroatoms. The van der Waals surface area contributed by atoms with Crippen molar-refractivity contribution in [3.63, 3.8) is 0 Å². The number of amides is 1. The Morgan fingerprint density at radius 1 is 1.09 bits per heavy atom. The summed E-state index contributed by atoms with van der Waals surface area (Å²) in [5, 5.41) is 2.96. The predicted molar refractivity (Wildman–Crippen MR) is 130 cm³/mol. The summed E-state index contributed by atoms with van der Waals surface area (Å²) in [6, 6.07) is 9.68. The molecule has 0 saturated carbocycles. The Labute approximate surface area is 203 Å². The molecular weight excluding hydrogens is 513 g/mol. The molecule has 0 heterocycles. The van der Waals surface area contributed by atoms with Gasteiger partial charge in [0.2, 0.25) is 26.0 Å². The molecule has 0 saturated heterocycles. The van der Waals surface area contributed by atoms with E-state index >= 15 is 0 Å². The van der Waals surface area contributed by atoms with Gasteiger partial charge in [0.15, 0.2) is 0 Å². The van der Waals surface area contributed by atoms with Gasteiger partial charge in [0.1, 0.15) is 12.4 Å². The molecule has 2 aromatic carbocycles. The van der Waals surface area contributed by atoms with Gasteiger partial charge in [0, 0.05) is 42.7 Å². The Morgan fingerprint density at radius 3 is 2.27 bits per heavy atom. The minimum Gasteiger partial charge on any atom is -0.354 e. The average Bonchev–Trinajstić information content (AvgIpc) is 2.73. The van der Waals surface area contributed by atoms with Crippen LogP contribution in [0.5, 0.6) is 0 Å². The van der Waals surface area contributed by atoms with E-state index < -0.39 is 38.3 Å². The van der Waals surface area contributed by atoms with E-state index in [0.29, 0.717) is 22.1 Å². The van der Waals surface area contributed by atoms with Crippen LogP contribution >= 0.6 is 23.4 Å². The Hall–Kier alpha value is -1.86. The fourth-order valence-corrected chi connectivity index (χ4v) is 5.64. The van der Waals surface area contributed by atoms with Crippen LogP contribution < -0.4 is 9.62 Å². The number of thioether (sulfide) groups is 1. The number of sulfonamides is 2. The number of nitrogens with zero attached hydrogens (tertiary/aromatic N) is 2. The molecule has 0 fully saturated rings. The van der Waals surface area contributed by atoms with Crippen molar-refractivity contribution in [3.05, 3.63) is 58.9 Å². The number of hydrogen-bond donors (Lipinski definition) is 1. The fourth-order valence-electron chi connectivity index (χ4n) is 2.69. The maximum absolute atomic E-state index is 13.8. The van der Waals surface area contributed by atoms with Gasteiger partial charge in [-0.3, -0.25) is 9.10 Å². The van der Waals surface area contributed by atoms with E-state index in [1.807, 2.05) is 0 Å². The molecule has 1 amide bonds. The second-order valence-electron chi connectivity index (χ2n) is 7.15. The smallest absolute Gasteiger partial charge is 0.242 e. The second-order valence-corrected chi connectivity index (χ2v) is 12.7. The molecule has 0 spiro atoms. The average molecular weight is 538 g/mol. The van der Waals surface area contributed by atoms with Gasteiger partial charge in [-0.2, -0.15) is 11.8 Å². The summed E-state index contributed by atoms with van der Waals surface area (Å²) >= 11 is 7.35. The molecule has 2 rings (SSSR count). The van der Waals surface area contributed by atoms with Crippen LogP contribution in [0.15, 0.2) is 47.4 Å². The SMILES string of the molecule is CN(C)S(=O)(=O)c1ccc(N(CC(=O)NCCSCc2c(F)cccc2Cl)S(C)(=O)=O)cc1. The molecule has 0 aromatic heterocycles. The van der Waals surface area contributed by atoms with Gasteiger partial charge >= 0.3 is 0 Å². The first-order valence-corrected chi connectivity index (χ1v) is 14.4. The number of hydrogen-bond acceptors (Lipinski definition) is 6. The standard InChI is InChI=1S/C20H25ClFN3O5S3/c1-24(2)33(29,30)16-9-7-15(8-10-16)25(32(3,27)28)13-20(26)23-11-12-31-14-17-18(21)5-4-6-19(17)22/h4-10H,11-14H2,1-3H3,(H,23,26). The van der Waals surface area contributed by atoms with E-state index in [1.165, 1.54) is 62.3 Å². The van der Waals surface area contributed by atoms with Crippen molar-refractivity contribution < 1.29 is 26.0 Å². The summed E-state index contributed by atoms with van der Waals surface area (Å²) < 4.78 is 64.5. The molecule has 0 aliphatic carbocycles. The highest BCUT2D eigenvalue weighted by Gasteiger charge is 2.22. The van der Waals surface area contributed by atoms with Crippen LogP contribution in [0.4, 0.5) is 10.1 Å². The third kappa shape index (κ3) is 7.57. The van der Waals surface area contributed by atoms with E-state index in [9.17, 15) is 26.0 Å². The zero-order valence-electron chi connectivity index (χ0n) is 18.3. The Balaban J connectivity index is 1.95. The fraction of sp³-hybridized carbons (Fsp3) is 0.350. The van der Waals surface area contributed by atoms with Crippen molar-refractivity contribution in [1.82, 2.24) is 9.62 Å². The van der Waals surface area contributed by atoms with Crippen molar-refractivity contribution in [2.75, 3.05) is 43.5 Å². The predicted octanol–water partition coefficient (Wildman–Crippen LogP) is 2.55. The summed E-state index contributed by atoms with van der Waals surface area (Å²) in [4.78, 5) is 12.3. The van der Waals surface area contributed by atoms with E-state index in [2.05, 4.69) is 5.32 Å². The van der Waals surface area contributed by atoms with Gasteiger partial charge in [-0.05, 0) is 36.4 Å². The number of anilines is 1. The lowest BCUT2D eigenvalue weighted by molar-refractivity contribution is -0.119. The molecule has 0 aliphatic rings. The van der Waals surface area contributed by atoms with E-state index in [-0.39, 0.29) is 17.1 Å². The molecule has 0 bridgehead atoms. The molecule has 0 unspecified atom stereocenters. The van der Waals surface area contributed by atoms with Crippen molar-refractivity contribution in [1.29, 1.82) is 0 Å². The number of nitrogens with one attached hydrogen (secondary N) is 1. The Kier molecular flexibility index (Phi) is 9.56. The number of carbonyl (C=O) groups is 1. The first-order valence-electron chi connectivity index (χ1n) is 9.61. The number of rotatable bonds is 11.